The highest BCUT2D eigenvalue weighted by Gasteiger charge is 2.20. The van der Waals surface area contributed by atoms with Gasteiger partial charge in [-0.1, -0.05) is 6.08 Å². The highest BCUT2D eigenvalue weighted by molar-refractivity contribution is 5.74. The van der Waals surface area contributed by atoms with Gasteiger partial charge in [0.25, 0.3) is 0 Å². The third-order valence-corrected chi connectivity index (χ3v) is 1.40. The van der Waals surface area contributed by atoms with Gasteiger partial charge in [-0.25, -0.2) is 0 Å². The normalized spacial score (nSPS) is 36.4. The van der Waals surface area contributed by atoms with E-state index in [4.69, 9.17) is 0 Å². The Labute approximate surface area is 53.2 Å². The molecule has 0 aromatic heterocycles. The first-order valence-electron chi connectivity index (χ1n) is 2.86. The summed E-state index contributed by atoms with van der Waals surface area (Å²) in [5, 5.41) is 2.99. The zero-order valence-electron chi connectivity index (χ0n) is 4.78. The number of nitrogens with one attached hydrogen (secondary N) is 1. The lowest BCUT2D eigenvalue weighted by Crippen LogP contribution is -2.29. The Morgan fingerprint density at radius 1 is 1.56 bits per heavy atom. The summed E-state index contributed by atoms with van der Waals surface area (Å²) in [4.78, 5) is 8.12. The van der Waals surface area contributed by atoms with Gasteiger partial charge in [-0.3, -0.25) is 9.98 Å². The van der Waals surface area contributed by atoms with E-state index in [1.807, 2.05) is 6.08 Å². The predicted molar refractivity (Wildman–Crippen MR) is 35.8 cm³/mol. The summed E-state index contributed by atoms with van der Waals surface area (Å²) in [6.07, 6.45) is 8.35. The van der Waals surface area contributed by atoms with E-state index in [9.17, 15) is 0 Å². The minimum absolute atomic E-state index is 0.120. The predicted octanol–water partition coefficient (Wildman–Crippen LogP) is -0.170. The van der Waals surface area contributed by atoms with E-state index in [0.29, 0.717) is 0 Å². The molecule has 0 aliphatic carbocycles. The number of allylic oxidation sites excluding steroid dienone is 1. The van der Waals surface area contributed by atoms with Crippen molar-refractivity contribution in [3.63, 3.8) is 0 Å². The first-order valence-corrected chi connectivity index (χ1v) is 2.86. The molecule has 3 heteroatoms. The summed E-state index contributed by atoms with van der Waals surface area (Å²) in [7, 11) is 0. The second kappa shape index (κ2) is 1.69. The van der Waals surface area contributed by atoms with Crippen molar-refractivity contribution in [2.45, 2.75) is 12.2 Å². The van der Waals surface area contributed by atoms with Crippen LogP contribution in [0.4, 0.5) is 0 Å². The maximum Gasteiger partial charge on any atom is 0.146 e. The lowest BCUT2D eigenvalue weighted by atomic mass is 10.2. The average Bonchev–Trinajstić information content (AvgIpc) is 2.33. The smallest absolute Gasteiger partial charge is 0.146 e. The summed E-state index contributed by atoms with van der Waals surface area (Å²) in [6, 6.07) is 0.214. The van der Waals surface area contributed by atoms with E-state index in [1.54, 1.807) is 12.4 Å². The zero-order chi connectivity index (χ0) is 6.10. The van der Waals surface area contributed by atoms with Crippen LogP contribution in [0.25, 0.3) is 0 Å². The third-order valence-electron chi connectivity index (χ3n) is 1.40. The molecule has 1 N–H and O–H groups in total. The van der Waals surface area contributed by atoms with Crippen molar-refractivity contribution in [2.75, 3.05) is 0 Å². The van der Waals surface area contributed by atoms with Crippen LogP contribution in [-0.4, -0.2) is 24.8 Å². The van der Waals surface area contributed by atoms with Gasteiger partial charge >= 0.3 is 0 Å². The summed E-state index contributed by atoms with van der Waals surface area (Å²) >= 11 is 0. The molecule has 0 aromatic carbocycles. The third kappa shape index (κ3) is 0.650. The number of fused-ring (bicyclic) bond motifs is 1. The molecule has 2 rings (SSSR count). The van der Waals surface area contributed by atoms with Crippen LogP contribution >= 0.6 is 0 Å². The number of dihydropyridines is 1. The Hall–Kier alpha value is -1.12. The van der Waals surface area contributed by atoms with Crippen LogP contribution in [0.5, 0.6) is 0 Å². The van der Waals surface area contributed by atoms with E-state index in [1.165, 1.54) is 0 Å². The van der Waals surface area contributed by atoms with Crippen LogP contribution in [-0.2, 0) is 0 Å². The number of nitrogens with zero attached hydrogens (tertiary/aromatic N) is 2. The van der Waals surface area contributed by atoms with Crippen molar-refractivity contribution in [3.8, 4) is 0 Å². The van der Waals surface area contributed by atoms with Gasteiger partial charge in [0.2, 0.25) is 0 Å². The molecule has 2 unspecified atom stereocenters. The minimum atomic E-state index is 0.120. The van der Waals surface area contributed by atoms with Crippen LogP contribution < -0.4 is 5.32 Å². The standard InChI is InChI=1S/C6H6N3/c1-2-5-6(7-3-1)9-4-8-5/h1-2,4-6H,(H,8,9). The molecular formula is C6H6N3. The van der Waals surface area contributed by atoms with E-state index in [2.05, 4.69) is 21.5 Å². The highest BCUT2D eigenvalue weighted by atomic mass is 15.2. The van der Waals surface area contributed by atoms with Crippen LogP contribution in [0.15, 0.2) is 22.1 Å². The summed E-state index contributed by atoms with van der Waals surface area (Å²) in [6.45, 7) is 0. The van der Waals surface area contributed by atoms with Gasteiger partial charge < -0.3 is 5.32 Å². The molecule has 2 aliphatic rings. The van der Waals surface area contributed by atoms with Gasteiger partial charge in [0, 0.05) is 0 Å². The summed E-state index contributed by atoms with van der Waals surface area (Å²) in [5.74, 6) is 0. The number of aliphatic imine (C=N–C) groups is 2. The minimum Gasteiger partial charge on any atom is -0.353 e. The molecule has 0 spiro atoms. The van der Waals surface area contributed by atoms with Crippen molar-refractivity contribution < 1.29 is 0 Å². The molecule has 9 heavy (non-hydrogen) atoms. The molecule has 1 radical (unpaired) electrons. The second-order valence-electron chi connectivity index (χ2n) is 2.00. The fourth-order valence-corrected chi connectivity index (χ4v) is 0.919. The van der Waals surface area contributed by atoms with Gasteiger partial charge in [0.15, 0.2) is 0 Å². The van der Waals surface area contributed by atoms with Crippen molar-refractivity contribution in [1.82, 2.24) is 5.32 Å². The average molecular weight is 120 g/mol. The Kier molecular flexibility index (Phi) is 0.886. The monoisotopic (exact) mass is 120 g/mol. The molecule has 3 nitrogen and oxygen atoms in total. The number of hydrogen-bond acceptors (Lipinski definition) is 3. The topological polar surface area (TPSA) is 36.8 Å². The quantitative estimate of drug-likeness (QED) is 0.473. The molecule has 2 heterocycles. The Morgan fingerprint density at radius 2 is 2.56 bits per heavy atom. The van der Waals surface area contributed by atoms with E-state index in [0.717, 1.165) is 0 Å². The molecular weight excluding hydrogens is 114 g/mol. The Balaban J connectivity index is 2.25. The second-order valence-corrected chi connectivity index (χ2v) is 2.00. The van der Waals surface area contributed by atoms with Crippen LogP contribution in [0.3, 0.4) is 0 Å². The van der Waals surface area contributed by atoms with E-state index < -0.39 is 0 Å². The lowest BCUT2D eigenvalue weighted by Gasteiger charge is -2.11. The van der Waals surface area contributed by atoms with Crippen molar-refractivity contribution in [3.05, 3.63) is 12.2 Å². The molecule has 0 aromatic rings. The maximum atomic E-state index is 4.10. The Morgan fingerprint density at radius 3 is 3.44 bits per heavy atom. The SMILES string of the molecule is [C]1=NC2NC=NC2C=C1. The van der Waals surface area contributed by atoms with E-state index >= 15 is 0 Å². The highest BCUT2D eigenvalue weighted by Crippen LogP contribution is 2.08. The first kappa shape index (κ1) is 4.73. The molecule has 45 valence electrons. The van der Waals surface area contributed by atoms with Crippen LogP contribution in [0, 0.1) is 0 Å². The van der Waals surface area contributed by atoms with Crippen LogP contribution in [0.1, 0.15) is 0 Å². The van der Waals surface area contributed by atoms with Gasteiger partial charge in [0.1, 0.15) is 12.2 Å². The fraction of sp³-hybridized carbons (Fsp3) is 0.333. The number of rotatable bonds is 0. The number of hydrogen-bond donors (Lipinski definition) is 1. The lowest BCUT2D eigenvalue weighted by molar-refractivity contribution is 0.616. The van der Waals surface area contributed by atoms with Gasteiger partial charge in [0.05, 0.1) is 12.6 Å². The molecule has 0 saturated heterocycles. The largest absolute Gasteiger partial charge is 0.353 e. The molecule has 2 atom stereocenters. The summed E-state index contributed by atoms with van der Waals surface area (Å²) < 4.78 is 0. The first-order chi connectivity index (χ1) is 4.47. The Bertz CT molecular complexity index is 192. The molecule has 0 amide bonds. The molecule has 0 fully saturated rings. The van der Waals surface area contributed by atoms with Gasteiger partial charge in [-0.05, 0) is 6.08 Å². The maximum absolute atomic E-state index is 4.10. The fourth-order valence-electron chi connectivity index (χ4n) is 0.919. The van der Waals surface area contributed by atoms with Crippen molar-refractivity contribution in [1.29, 1.82) is 0 Å². The molecule has 0 saturated carbocycles. The van der Waals surface area contributed by atoms with E-state index in [-0.39, 0.29) is 12.2 Å². The zero-order valence-corrected chi connectivity index (χ0v) is 4.78. The molecule has 2 aliphatic heterocycles. The van der Waals surface area contributed by atoms with Crippen molar-refractivity contribution >= 4 is 12.6 Å². The van der Waals surface area contributed by atoms with Crippen LogP contribution in [0.2, 0.25) is 0 Å². The van der Waals surface area contributed by atoms with Gasteiger partial charge in [-0.2, -0.15) is 0 Å². The summed E-state index contributed by atoms with van der Waals surface area (Å²) in [5.41, 5.74) is 0. The van der Waals surface area contributed by atoms with Crippen molar-refractivity contribution in [2.24, 2.45) is 9.98 Å². The van der Waals surface area contributed by atoms with Gasteiger partial charge in [-0.15, -0.1) is 0 Å². The molecule has 0 bridgehead atoms.